The van der Waals surface area contributed by atoms with Gasteiger partial charge < -0.3 is 30.2 Å². The summed E-state index contributed by atoms with van der Waals surface area (Å²) < 4.78 is 16.8. The van der Waals surface area contributed by atoms with Crippen molar-refractivity contribution in [2.45, 2.75) is 45.2 Å². The third-order valence-electron chi connectivity index (χ3n) is 3.95. The number of methoxy groups -OCH3 is 1. The van der Waals surface area contributed by atoms with Crippen LogP contribution in [0.1, 0.15) is 27.2 Å². The van der Waals surface area contributed by atoms with Crippen molar-refractivity contribution >= 4 is 6.09 Å². The van der Waals surface area contributed by atoms with Gasteiger partial charge in [0.25, 0.3) is 0 Å². The number of carbonyl (C=O) groups is 1. The van der Waals surface area contributed by atoms with Gasteiger partial charge in [-0.2, -0.15) is 0 Å². The summed E-state index contributed by atoms with van der Waals surface area (Å²) in [4.78, 5) is 11.9. The molecule has 8 nitrogen and oxygen atoms in total. The van der Waals surface area contributed by atoms with Crippen molar-refractivity contribution in [1.29, 1.82) is 0 Å². The van der Waals surface area contributed by atoms with Crippen LogP contribution in [0.2, 0.25) is 0 Å². The number of likely N-dealkylation sites (N-methyl/N-ethyl adjacent to an activating group) is 1. The highest BCUT2D eigenvalue weighted by atomic mass is 16.6. The largest absolute Gasteiger partial charge is 0.471 e. The zero-order chi connectivity index (χ0) is 17.7. The summed E-state index contributed by atoms with van der Waals surface area (Å²) in [6.45, 7) is 7.64. The minimum absolute atomic E-state index is 0.114. The molecule has 0 aromatic rings. The van der Waals surface area contributed by atoms with Gasteiger partial charge in [-0.25, -0.2) is 4.79 Å². The van der Waals surface area contributed by atoms with Crippen LogP contribution in [-0.2, 0) is 14.2 Å². The molecule has 4 N–H and O–H groups in total. The van der Waals surface area contributed by atoms with E-state index in [1.165, 1.54) is 0 Å². The Labute approximate surface area is 143 Å². The van der Waals surface area contributed by atoms with Crippen molar-refractivity contribution in [2.75, 3.05) is 33.8 Å². The molecule has 0 spiro atoms. The Bertz CT molecular complexity index is 465. The predicted molar refractivity (Wildman–Crippen MR) is 90.1 cm³/mol. The first-order chi connectivity index (χ1) is 11.3. The van der Waals surface area contributed by atoms with Crippen LogP contribution in [0.4, 0.5) is 4.79 Å². The maximum Gasteiger partial charge on any atom is 0.408 e. The van der Waals surface area contributed by atoms with Crippen molar-refractivity contribution < 1.29 is 19.0 Å². The van der Waals surface area contributed by atoms with Crippen molar-refractivity contribution in [3.05, 3.63) is 11.5 Å². The first-order valence-electron chi connectivity index (χ1n) is 8.38. The number of ether oxygens (including phenoxy) is 3. The lowest BCUT2D eigenvalue weighted by molar-refractivity contribution is 0.0489. The van der Waals surface area contributed by atoms with E-state index in [-0.39, 0.29) is 19.0 Å². The lowest BCUT2D eigenvalue weighted by atomic mass is 10.1. The molecule has 1 saturated heterocycles. The summed E-state index contributed by atoms with van der Waals surface area (Å²) in [6.07, 6.45) is 0.146. The van der Waals surface area contributed by atoms with Crippen LogP contribution in [0.15, 0.2) is 11.5 Å². The normalized spacial score (nSPS) is 25.2. The van der Waals surface area contributed by atoms with Crippen LogP contribution < -0.4 is 21.3 Å². The van der Waals surface area contributed by atoms with Gasteiger partial charge in [0, 0.05) is 19.6 Å². The summed E-state index contributed by atoms with van der Waals surface area (Å²) in [5.41, 5.74) is 0.279. The van der Waals surface area contributed by atoms with Crippen molar-refractivity contribution in [3.63, 3.8) is 0 Å². The van der Waals surface area contributed by atoms with E-state index in [0.717, 1.165) is 25.2 Å². The Balaban J connectivity index is 2.00. The van der Waals surface area contributed by atoms with Crippen molar-refractivity contribution in [3.8, 4) is 0 Å². The number of hydrogen-bond acceptors (Lipinski definition) is 7. The number of carbonyl (C=O) groups excluding carboxylic acids is 1. The molecular weight excluding hydrogens is 312 g/mol. The summed E-state index contributed by atoms with van der Waals surface area (Å²) >= 11 is 0. The fourth-order valence-electron chi connectivity index (χ4n) is 2.83. The molecule has 0 radical (unpaired) electrons. The molecule has 3 unspecified atom stereocenters. The maximum absolute atomic E-state index is 11.9. The van der Waals surface area contributed by atoms with Crippen LogP contribution in [0.25, 0.3) is 0 Å². The van der Waals surface area contributed by atoms with Crippen molar-refractivity contribution in [2.24, 2.45) is 5.92 Å². The fraction of sp³-hybridized carbons (Fsp3) is 0.812. The maximum atomic E-state index is 11.9. The third-order valence-corrected chi connectivity index (χ3v) is 3.95. The van der Waals surface area contributed by atoms with Gasteiger partial charge in [-0.1, -0.05) is 0 Å². The van der Waals surface area contributed by atoms with Gasteiger partial charge in [0.15, 0.2) is 12.5 Å². The van der Waals surface area contributed by atoms with Gasteiger partial charge >= 0.3 is 6.09 Å². The van der Waals surface area contributed by atoms with Crippen LogP contribution in [0, 0.1) is 5.92 Å². The zero-order valence-corrected chi connectivity index (χ0v) is 15.2. The predicted octanol–water partition coefficient (Wildman–Crippen LogP) is 0.470. The Kier molecular flexibility index (Phi) is 6.31. The van der Waals surface area contributed by atoms with E-state index in [1.807, 2.05) is 27.8 Å². The quantitative estimate of drug-likeness (QED) is 0.522. The van der Waals surface area contributed by atoms with Crippen LogP contribution in [-0.4, -0.2) is 57.9 Å². The van der Waals surface area contributed by atoms with E-state index < -0.39 is 11.7 Å². The Morgan fingerprint density at radius 1 is 1.46 bits per heavy atom. The fourth-order valence-corrected chi connectivity index (χ4v) is 2.83. The molecule has 0 aromatic carbocycles. The number of rotatable bonds is 6. The number of alkyl carbamates (subject to hydrolysis) is 1. The second kappa shape index (κ2) is 8.04. The molecule has 1 amide bonds. The SMILES string of the molecule is CNC(OC)C1=C(CNC(=O)OC(C)(C)C)OC(C2CCNC2)N1. The van der Waals surface area contributed by atoms with E-state index in [4.69, 9.17) is 14.2 Å². The molecule has 0 aliphatic carbocycles. The van der Waals surface area contributed by atoms with Gasteiger partial charge in [-0.3, -0.25) is 5.32 Å². The Morgan fingerprint density at radius 3 is 2.75 bits per heavy atom. The molecule has 0 aromatic heterocycles. The highest BCUT2D eigenvalue weighted by Gasteiger charge is 2.36. The van der Waals surface area contributed by atoms with Crippen LogP contribution >= 0.6 is 0 Å². The average molecular weight is 342 g/mol. The number of nitrogens with one attached hydrogen (secondary N) is 4. The lowest BCUT2D eigenvalue weighted by Crippen LogP contribution is -2.40. The molecule has 2 rings (SSSR count). The smallest absolute Gasteiger partial charge is 0.408 e. The Hall–Kier alpha value is -1.51. The van der Waals surface area contributed by atoms with E-state index in [2.05, 4.69) is 21.3 Å². The van der Waals surface area contributed by atoms with Crippen LogP contribution in [0.3, 0.4) is 0 Å². The van der Waals surface area contributed by atoms with Gasteiger partial charge in [-0.05, 0) is 40.8 Å². The molecule has 2 aliphatic rings. The Morgan fingerprint density at radius 2 is 2.21 bits per heavy atom. The summed E-state index contributed by atoms with van der Waals surface area (Å²) in [5.74, 6) is 1.05. The lowest BCUT2D eigenvalue weighted by Gasteiger charge is -2.21. The van der Waals surface area contributed by atoms with E-state index >= 15 is 0 Å². The van der Waals surface area contributed by atoms with Gasteiger partial charge in [0.1, 0.15) is 11.4 Å². The minimum Gasteiger partial charge on any atom is -0.471 e. The topological polar surface area (TPSA) is 92.9 Å². The van der Waals surface area contributed by atoms with Gasteiger partial charge in [-0.15, -0.1) is 0 Å². The molecule has 1 fully saturated rings. The summed E-state index contributed by atoms with van der Waals surface area (Å²) in [5, 5.41) is 12.6. The van der Waals surface area contributed by atoms with E-state index in [1.54, 1.807) is 7.11 Å². The molecule has 0 saturated carbocycles. The third kappa shape index (κ3) is 4.99. The molecule has 2 aliphatic heterocycles. The summed E-state index contributed by atoms with van der Waals surface area (Å²) in [7, 11) is 3.44. The number of amides is 1. The monoisotopic (exact) mass is 342 g/mol. The number of hydrogen-bond donors (Lipinski definition) is 4. The molecule has 3 atom stereocenters. The highest BCUT2D eigenvalue weighted by Crippen LogP contribution is 2.25. The second-order valence-corrected chi connectivity index (χ2v) is 7.03. The first kappa shape index (κ1) is 18.8. The molecule has 8 heteroatoms. The van der Waals surface area contributed by atoms with E-state index in [0.29, 0.717) is 11.7 Å². The molecule has 2 heterocycles. The first-order valence-corrected chi connectivity index (χ1v) is 8.38. The van der Waals surface area contributed by atoms with Gasteiger partial charge in [0.05, 0.1) is 12.2 Å². The molecule has 24 heavy (non-hydrogen) atoms. The molecular formula is C16H30N4O4. The van der Waals surface area contributed by atoms with Gasteiger partial charge in [0.2, 0.25) is 0 Å². The standard InChI is InChI=1S/C16H30N4O4/c1-16(2,3)24-15(21)19-9-11-12(14(17-4)22-5)20-13(23-11)10-6-7-18-8-10/h10,13-14,17-18,20H,6-9H2,1-5H3,(H,19,21). The second-order valence-electron chi connectivity index (χ2n) is 7.03. The average Bonchev–Trinajstić information content (AvgIpc) is 3.14. The molecule has 0 bridgehead atoms. The van der Waals surface area contributed by atoms with Crippen LogP contribution in [0.5, 0.6) is 0 Å². The zero-order valence-electron chi connectivity index (χ0n) is 15.2. The highest BCUT2D eigenvalue weighted by molar-refractivity contribution is 5.68. The molecule has 138 valence electrons. The van der Waals surface area contributed by atoms with Crippen molar-refractivity contribution in [1.82, 2.24) is 21.3 Å². The van der Waals surface area contributed by atoms with E-state index in [9.17, 15) is 4.79 Å². The minimum atomic E-state index is -0.534. The summed E-state index contributed by atoms with van der Waals surface area (Å²) in [6, 6.07) is 0.